The molecule has 1 aromatic heterocycles. The lowest BCUT2D eigenvalue weighted by Crippen LogP contribution is -2.22. The first-order valence-electron chi connectivity index (χ1n) is 8.14. The molecule has 1 amide bonds. The predicted molar refractivity (Wildman–Crippen MR) is 92.7 cm³/mol. The topological polar surface area (TPSA) is 92.5 Å². The molecule has 25 heavy (non-hydrogen) atoms. The number of anilines is 1. The van der Waals surface area contributed by atoms with Gasteiger partial charge < -0.3 is 9.84 Å². The second kappa shape index (κ2) is 6.97. The van der Waals surface area contributed by atoms with Gasteiger partial charge in [-0.2, -0.15) is 0 Å². The van der Waals surface area contributed by atoms with Crippen molar-refractivity contribution in [1.29, 1.82) is 0 Å². The summed E-state index contributed by atoms with van der Waals surface area (Å²) < 4.78 is 30.5. The summed E-state index contributed by atoms with van der Waals surface area (Å²) in [4.78, 5) is 12.3. The van der Waals surface area contributed by atoms with Crippen molar-refractivity contribution in [3.05, 3.63) is 41.7 Å². The van der Waals surface area contributed by atoms with Crippen LogP contribution in [0.25, 0.3) is 0 Å². The molecular formula is C17H21N3O4S. The Kier molecular flexibility index (Phi) is 4.91. The van der Waals surface area contributed by atoms with Crippen LogP contribution in [0.15, 0.2) is 39.8 Å². The van der Waals surface area contributed by atoms with Gasteiger partial charge in [-0.3, -0.25) is 4.79 Å². The molecule has 1 N–H and O–H groups in total. The Morgan fingerprint density at radius 3 is 2.52 bits per heavy atom. The van der Waals surface area contributed by atoms with Crippen molar-refractivity contribution in [1.82, 2.24) is 9.46 Å². The molecule has 134 valence electrons. The maximum absolute atomic E-state index is 12.1. The summed E-state index contributed by atoms with van der Waals surface area (Å²) in [5.41, 5.74) is 0.720. The zero-order valence-electron chi connectivity index (χ0n) is 14.2. The molecule has 2 aromatic rings. The van der Waals surface area contributed by atoms with E-state index >= 15 is 0 Å². The fraction of sp³-hybridized carbons (Fsp3) is 0.412. The van der Waals surface area contributed by atoms with Gasteiger partial charge >= 0.3 is 0 Å². The molecule has 1 fully saturated rings. The van der Waals surface area contributed by atoms with E-state index in [-0.39, 0.29) is 17.2 Å². The van der Waals surface area contributed by atoms with Crippen molar-refractivity contribution in [2.24, 2.45) is 0 Å². The minimum atomic E-state index is -3.46. The van der Waals surface area contributed by atoms with Crippen LogP contribution in [0.4, 0.5) is 5.82 Å². The van der Waals surface area contributed by atoms with E-state index in [1.807, 2.05) is 0 Å². The molecular weight excluding hydrogens is 342 g/mol. The normalized spacial score (nSPS) is 15.2. The van der Waals surface area contributed by atoms with Gasteiger partial charge in [-0.05, 0) is 30.5 Å². The van der Waals surface area contributed by atoms with Crippen LogP contribution in [-0.4, -0.2) is 37.9 Å². The molecule has 0 unspecified atom stereocenters. The van der Waals surface area contributed by atoms with Gasteiger partial charge in [0.25, 0.3) is 0 Å². The van der Waals surface area contributed by atoms with Crippen molar-refractivity contribution in [2.75, 3.05) is 19.4 Å². The van der Waals surface area contributed by atoms with Crippen molar-refractivity contribution in [3.8, 4) is 0 Å². The van der Waals surface area contributed by atoms with E-state index in [2.05, 4.69) is 10.5 Å². The van der Waals surface area contributed by atoms with E-state index in [0.29, 0.717) is 11.7 Å². The van der Waals surface area contributed by atoms with Gasteiger partial charge in [0.15, 0.2) is 5.82 Å². The Bertz CT molecular complexity index is 852. The number of sulfonamides is 1. The lowest BCUT2D eigenvalue weighted by molar-refractivity contribution is -0.115. The molecule has 7 nitrogen and oxygen atoms in total. The molecule has 0 radical (unpaired) electrons. The highest BCUT2D eigenvalue weighted by molar-refractivity contribution is 7.89. The summed E-state index contributed by atoms with van der Waals surface area (Å²) >= 11 is 0. The first-order chi connectivity index (χ1) is 11.9. The maximum Gasteiger partial charge on any atom is 0.242 e. The van der Waals surface area contributed by atoms with Gasteiger partial charge in [0, 0.05) is 26.1 Å². The average Bonchev–Trinajstić information content (AvgIpc) is 2.93. The molecule has 0 bridgehead atoms. The van der Waals surface area contributed by atoms with Gasteiger partial charge in [0.2, 0.25) is 15.9 Å². The molecule has 0 aliphatic heterocycles. The monoisotopic (exact) mass is 363 g/mol. The van der Waals surface area contributed by atoms with Gasteiger partial charge in [-0.1, -0.05) is 23.7 Å². The van der Waals surface area contributed by atoms with Crippen LogP contribution in [0.1, 0.15) is 36.5 Å². The number of benzene rings is 1. The molecule has 1 aliphatic rings. The summed E-state index contributed by atoms with van der Waals surface area (Å²) in [7, 11) is -0.505. The molecule has 3 rings (SSSR count). The lowest BCUT2D eigenvalue weighted by Gasteiger charge is -2.21. The quantitative estimate of drug-likeness (QED) is 0.850. The largest absolute Gasteiger partial charge is 0.359 e. The maximum atomic E-state index is 12.1. The lowest BCUT2D eigenvalue weighted by atomic mass is 9.84. The summed E-state index contributed by atoms with van der Waals surface area (Å²) in [5.74, 6) is 1.43. The third-order valence-corrected chi connectivity index (χ3v) is 6.20. The van der Waals surface area contributed by atoms with Crippen LogP contribution >= 0.6 is 0 Å². The van der Waals surface area contributed by atoms with Crippen molar-refractivity contribution in [2.45, 2.75) is 36.5 Å². The van der Waals surface area contributed by atoms with E-state index in [9.17, 15) is 13.2 Å². The molecule has 1 aliphatic carbocycles. The Balaban J connectivity index is 1.60. The second-order valence-corrected chi connectivity index (χ2v) is 8.55. The minimum Gasteiger partial charge on any atom is -0.359 e. The Morgan fingerprint density at radius 1 is 1.28 bits per heavy atom. The fourth-order valence-corrected chi connectivity index (χ4v) is 3.50. The second-order valence-electron chi connectivity index (χ2n) is 6.40. The Labute approximate surface area is 147 Å². The summed E-state index contributed by atoms with van der Waals surface area (Å²) in [6, 6.07) is 8.05. The standard InChI is InChI=1S/C17H21N3O4S/c1-20(2)25(22,23)14-8-6-12(7-9-14)10-17(21)18-16-11-15(24-19-16)13-4-3-5-13/h6-9,11,13H,3-5,10H2,1-2H3,(H,18,19,21). The molecule has 1 heterocycles. The predicted octanol–water partition coefficient (Wildman–Crippen LogP) is 2.37. The van der Waals surface area contributed by atoms with Gasteiger partial charge in [0.1, 0.15) is 5.76 Å². The molecule has 0 atom stereocenters. The molecule has 1 saturated carbocycles. The minimum absolute atomic E-state index is 0.133. The third-order valence-electron chi connectivity index (χ3n) is 4.37. The van der Waals surface area contributed by atoms with E-state index in [4.69, 9.17) is 4.52 Å². The van der Waals surface area contributed by atoms with Crippen molar-refractivity contribution >= 4 is 21.7 Å². The number of carbonyl (C=O) groups excluding carboxylic acids is 1. The van der Waals surface area contributed by atoms with Crippen LogP contribution in [0.2, 0.25) is 0 Å². The first kappa shape index (κ1) is 17.6. The van der Waals surface area contributed by atoms with Crippen molar-refractivity contribution < 1.29 is 17.7 Å². The highest BCUT2D eigenvalue weighted by Crippen LogP contribution is 2.37. The van der Waals surface area contributed by atoms with Gasteiger partial charge in [-0.15, -0.1) is 0 Å². The van der Waals surface area contributed by atoms with Crippen LogP contribution in [-0.2, 0) is 21.2 Å². The van der Waals surface area contributed by atoms with E-state index in [1.165, 1.54) is 32.6 Å². The average molecular weight is 363 g/mol. The fourth-order valence-electron chi connectivity index (χ4n) is 2.60. The number of nitrogens with zero attached hydrogens (tertiary/aromatic N) is 2. The number of nitrogens with one attached hydrogen (secondary N) is 1. The van der Waals surface area contributed by atoms with E-state index < -0.39 is 10.0 Å². The zero-order valence-corrected chi connectivity index (χ0v) is 15.0. The number of amides is 1. The van der Waals surface area contributed by atoms with Gasteiger partial charge in [0.05, 0.1) is 11.3 Å². The number of hydrogen-bond donors (Lipinski definition) is 1. The molecule has 1 aromatic carbocycles. The highest BCUT2D eigenvalue weighted by atomic mass is 32.2. The van der Waals surface area contributed by atoms with E-state index in [1.54, 1.807) is 18.2 Å². The van der Waals surface area contributed by atoms with Gasteiger partial charge in [-0.25, -0.2) is 12.7 Å². The van der Waals surface area contributed by atoms with E-state index in [0.717, 1.165) is 28.5 Å². The molecule has 0 saturated heterocycles. The SMILES string of the molecule is CN(C)S(=O)(=O)c1ccc(CC(=O)Nc2cc(C3CCC3)on2)cc1. The van der Waals surface area contributed by atoms with Crippen LogP contribution in [0.5, 0.6) is 0 Å². The molecule has 8 heteroatoms. The third kappa shape index (κ3) is 3.91. The Hall–Kier alpha value is -2.19. The van der Waals surface area contributed by atoms with Crippen LogP contribution in [0.3, 0.4) is 0 Å². The number of rotatable bonds is 6. The number of hydrogen-bond acceptors (Lipinski definition) is 5. The van der Waals surface area contributed by atoms with Crippen LogP contribution < -0.4 is 5.32 Å². The summed E-state index contributed by atoms with van der Waals surface area (Å²) in [6.07, 6.45) is 3.54. The summed E-state index contributed by atoms with van der Waals surface area (Å²) in [5, 5.41) is 6.58. The van der Waals surface area contributed by atoms with Crippen LogP contribution in [0, 0.1) is 0 Å². The van der Waals surface area contributed by atoms with Crippen molar-refractivity contribution in [3.63, 3.8) is 0 Å². The summed E-state index contributed by atoms with van der Waals surface area (Å²) in [6.45, 7) is 0. The zero-order chi connectivity index (χ0) is 18.0. The smallest absolute Gasteiger partial charge is 0.242 e. The molecule has 0 spiro atoms. The number of carbonyl (C=O) groups is 1. The first-order valence-corrected chi connectivity index (χ1v) is 9.58. The Morgan fingerprint density at radius 2 is 1.96 bits per heavy atom. The number of aromatic nitrogens is 1. The highest BCUT2D eigenvalue weighted by Gasteiger charge is 2.24.